The van der Waals surface area contributed by atoms with E-state index in [1.807, 2.05) is 6.07 Å². The fourth-order valence-corrected chi connectivity index (χ4v) is 3.82. The minimum atomic E-state index is -0.567. The first-order valence-corrected chi connectivity index (χ1v) is 10.9. The summed E-state index contributed by atoms with van der Waals surface area (Å²) < 4.78 is 17.8. The molecule has 0 aliphatic heterocycles. The first kappa shape index (κ1) is 23.3. The molecule has 0 saturated heterocycles. The molecule has 0 fully saturated rings. The van der Waals surface area contributed by atoms with Crippen molar-refractivity contribution in [2.75, 3.05) is 13.7 Å². The monoisotopic (exact) mass is 495 g/mol. The third kappa shape index (κ3) is 4.35. The Kier molecular flexibility index (Phi) is 6.05. The number of fused-ring (bicyclic) bond motifs is 2. The van der Waals surface area contributed by atoms with Gasteiger partial charge in [-0.1, -0.05) is 18.2 Å². The van der Waals surface area contributed by atoms with Crippen molar-refractivity contribution in [1.29, 1.82) is 5.26 Å². The number of methoxy groups -OCH3 is 1. The van der Waals surface area contributed by atoms with Crippen LogP contribution in [-0.4, -0.2) is 34.5 Å². The van der Waals surface area contributed by atoms with Crippen LogP contribution in [0, 0.1) is 21.4 Å². The smallest absolute Gasteiger partial charge is 0.282 e. The maximum atomic E-state index is 13.5. The molecule has 3 aromatic carbocycles. The molecule has 11 nitrogen and oxygen atoms in total. The zero-order chi connectivity index (χ0) is 25.9. The van der Waals surface area contributed by atoms with E-state index in [1.165, 1.54) is 24.4 Å². The van der Waals surface area contributed by atoms with Crippen LogP contribution in [0.5, 0.6) is 11.5 Å². The van der Waals surface area contributed by atoms with Crippen molar-refractivity contribution in [2.45, 2.75) is 0 Å². The Morgan fingerprint density at radius 2 is 1.97 bits per heavy atom. The van der Waals surface area contributed by atoms with Crippen molar-refractivity contribution >= 4 is 33.8 Å². The minimum absolute atomic E-state index is 0.114. The number of non-ortho nitro benzene ring substituents is 1. The number of hydrogen-bond donors (Lipinski definition) is 0. The van der Waals surface area contributed by atoms with Gasteiger partial charge in [-0.15, -0.1) is 0 Å². The van der Waals surface area contributed by atoms with Gasteiger partial charge in [-0.25, -0.2) is 4.98 Å². The molecule has 5 rings (SSSR count). The fraction of sp³-hybridized carbons (Fsp3) is 0.0769. The van der Waals surface area contributed by atoms with Gasteiger partial charge in [0.1, 0.15) is 23.2 Å². The number of nitro benzene ring substituents is 1. The number of rotatable bonds is 7. The van der Waals surface area contributed by atoms with Crippen molar-refractivity contribution in [3.8, 4) is 29.2 Å². The highest BCUT2D eigenvalue weighted by molar-refractivity contribution is 5.89. The predicted octanol–water partition coefficient (Wildman–Crippen LogP) is 4.51. The highest BCUT2D eigenvalue weighted by Crippen LogP contribution is 2.33. The molecule has 0 N–H and O–H groups in total. The maximum absolute atomic E-state index is 13.5. The van der Waals surface area contributed by atoms with E-state index < -0.39 is 10.5 Å². The molecule has 0 atom stereocenters. The lowest BCUT2D eigenvalue weighted by molar-refractivity contribution is -0.384. The van der Waals surface area contributed by atoms with Gasteiger partial charge in [0.05, 0.1) is 34.5 Å². The van der Waals surface area contributed by atoms with E-state index >= 15 is 0 Å². The van der Waals surface area contributed by atoms with E-state index in [9.17, 15) is 14.9 Å². The number of benzene rings is 3. The zero-order valence-corrected chi connectivity index (χ0v) is 19.3. The Labute approximate surface area is 208 Å². The Hall–Kier alpha value is -5.50. The SMILES string of the molecule is COc1cccc2oc(-c3nc4ccccc4c(=O)n3N=Cc3cc([N+](=O)[O-])ccc3OCC#N)cc12. The predicted molar refractivity (Wildman–Crippen MR) is 135 cm³/mol. The average Bonchev–Trinajstić information content (AvgIpc) is 3.36. The normalized spacial score (nSPS) is 11.1. The Balaban J connectivity index is 1.72. The van der Waals surface area contributed by atoms with Crippen LogP contribution < -0.4 is 15.0 Å². The van der Waals surface area contributed by atoms with Gasteiger partial charge in [0.2, 0.25) is 5.82 Å². The number of para-hydroxylation sites is 1. The van der Waals surface area contributed by atoms with Crippen LogP contribution in [0.25, 0.3) is 33.5 Å². The topological polar surface area (TPSA) is 146 Å². The second-order valence-electron chi connectivity index (χ2n) is 7.72. The summed E-state index contributed by atoms with van der Waals surface area (Å²) >= 11 is 0. The van der Waals surface area contributed by atoms with Crippen LogP contribution in [0.2, 0.25) is 0 Å². The zero-order valence-electron chi connectivity index (χ0n) is 19.3. The Morgan fingerprint density at radius 3 is 2.76 bits per heavy atom. The van der Waals surface area contributed by atoms with Gasteiger partial charge in [0.15, 0.2) is 12.4 Å². The molecule has 2 aromatic heterocycles. The second-order valence-corrected chi connectivity index (χ2v) is 7.72. The van der Waals surface area contributed by atoms with Gasteiger partial charge in [0.25, 0.3) is 11.2 Å². The summed E-state index contributed by atoms with van der Waals surface area (Å²) in [6.45, 7) is -0.276. The standard InChI is InChI=1S/C26H17N5O6/c1-35-22-7-4-8-23-19(22)14-24(37-23)25-29-20-6-3-2-5-18(20)26(32)30(25)28-15-16-13-17(31(33)34)9-10-21(16)36-12-11-27/h2-10,13-15H,12H2,1H3. The summed E-state index contributed by atoms with van der Waals surface area (Å²) in [5.41, 5.74) is 0.475. The van der Waals surface area contributed by atoms with E-state index in [1.54, 1.807) is 55.6 Å². The lowest BCUT2D eigenvalue weighted by Crippen LogP contribution is -2.20. The lowest BCUT2D eigenvalue weighted by atomic mass is 10.2. The van der Waals surface area contributed by atoms with E-state index in [2.05, 4.69) is 10.1 Å². The molecule has 0 bridgehead atoms. The maximum Gasteiger partial charge on any atom is 0.282 e. The van der Waals surface area contributed by atoms with Gasteiger partial charge in [-0.2, -0.15) is 15.0 Å². The third-order valence-corrected chi connectivity index (χ3v) is 5.52. The van der Waals surface area contributed by atoms with Crippen molar-refractivity contribution in [3.63, 3.8) is 0 Å². The molecule has 11 heteroatoms. The summed E-state index contributed by atoms with van der Waals surface area (Å²) in [4.78, 5) is 28.8. The van der Waals surface area contributed by atoms with Crippen molar-refractivity contribution < 1.29 is 18.8 Å². The highest BCUT2D eigenvalue weighted by atomic mass is 16.6. The van der Waals surface area contributed by atoms with Crippen LogP contribution in [0.3, 0.4) is 0 Å². The first-order chi connectivity index (χ1) is 18.0. The second kappa shape index (κ2) is 9.63. The van der Waals surface area contributed by atoms with Crippen molar-refractivity contribution in [1.82, 2.24) is 9.66 Å². The largest absolute Gasteiger partial charge is 0.496 e. The van der Waals surface area contributed by atoms with Crippen LogP contribution in [-0.2, 0) is 0 Å². The molecule has 182 valence electrons. The summed E-state index contributed by atoms with van der Waals surface area (Å²) in [5, 5.41) is 25.5. The Morgan fingerprint density at radius 1 is 1.14 bits per heavy atom. The van der Waals surface area contributed by atoms with E-state index in [-0.39, 0.29) is 35.2 Å². The average molecular weight is 495 g/mol. The van der Waals surface area contributed by atoms with E-state index in [0.717, 1.165) is 4.68 Å². The van der Waals surface area contributed by atoms with Crippen LogP contribution >= 0.6 is 0 Å². The fourth-order valence-electron chi connectivity index (χ4n) is 3.82. The first-order valence-electron chi connectivity index (χ1n) is 10.9. The van der Waals surface area contributed by atoms with Gasteiger partial charge >= 0.3 is 0 Å². The van der Waals surface area contributed by atoms with Crippen LogP contribution in [0.4, 0.5) is 5.69 Å². The van der Waals surface area contributed by atoms with E-state index in [0.29, 0.717) is 27.6 Å². The molecule has 0 radical (unpaired) electrons. The van der Waals surface area contributed by atoms with Crippen LogP contribution in [0.1, 0.15) is 5.56 Å². The molecular formula is C26H17N5O6. The summed E-state index contributed by atoms with van der Waals surface area (Å²) in [7, 11) is 1.54. The summed E-state index contributed by atoms with van der Waals surface area (Å²) in [5.74, 6) is 1.15. The molecule has 2 heterocycles. The third-order valence-electron chi connectivity index (χ3n) is 5.52. The number of ether oxygens (including phenoxy) is 2. The lowest BCUT2D eigenvalue weighted by Gasteiger charge is -2.08. The number of furan rings is 1. The molecular weight excluding hydrogens is 478 g/mol. The Bertz CT molecular complexity index is 1800. The summed E-state index contributed by atoms with van der Waals surface area (Å²) in [6.07, 6.45) is 1.24. The number of nitro groups is 1. The highest BCUT2D eigenvalue weighted by Gasteiger charge is 2.18. The molecule has 5 aromatic rings. The molecule has 0 aliphatic rings. The number of aromatic nitrogens is 2. The minimum Gasteiger partial charge on any atom is -0.496 e. The quantitative estimate of drug-likeness (QED) is 0.182. The van der Waals surface area contributed by atoms with Crippen LogP contribution in [0.15, 0.2) is 81.0 Å². The molecule has 0 spiro atoms. The van der Waals surface area contributed by atoms with Gasteiger partial charge < -0.3 is 13.9 Å². The van der Waals surface area contributed by atoms with Gasteiger partial charge in [-0.3, -0.25) is 14.9 Å². The number of nitrogens with zero attached hydrogens (tertiary/aromatic N) is 5. The van der Waals surface area contributed by atoms with Gasteiger partial charge in [0, 0.05) is 17.7 Å². The molecule has 0 amide bonds. The van der Waals surface area contributed by atoms with Gasteiger partial charge in [-0.05, 0) is 36.4 Å². The van der Waals surface area contributed by atoms with Crippen molar-refractivity contribution in [2.24, 2.45) is 5.10 Å². The van der Waals surface area contributed by atoms with E-state index in [4.69, 9.17) is 19.2 Å². The summed E-state index contributed by atoms with van der Waals surface area (Å²) in [6, 6.07) is 19.5. The molecule has 37 heavy (non-hydrogen) atoms. The number of nitriles is 1. The molecule has 0 saturated carbocycles. The molecule has 0 aliphatic carbocycles. The number of hydrogen-bond acceptors (Lipinski definition) is 9. The van der Waals surface area contributed by atoms with Crippen molar-refractivity contribution in [3.05, 3.63) is 92.8 Å². The molecule has 0 unspecified atom stereocenters.